The number of nitrogens with zero attached hydrogens (tertiary/aromatic N) is 2. The van der Waals surface area contributed by atoms with Crippen LogP contribution >= 0.6 is 0 Å². The highest BCUT2D eigenvalue weighted by Crippen LogP contribution is 2.44. The van der Waals surface area contributed by atoms with Crippen molar-refractivity contribution in [1.82, 2.24) is 0 Å². The number of anilines is 1. The van der Waals surface area contributed by atoms with Crippen molar-refractivity contribution in [3.8, 4) is 5.75 Å². The fourth-order valence-corrected chi connectivity index (χ4v) is 4.88. The van der Waals surface area contributed by atoms with Crippen molar-refractivity contribution in [3.05, 3.63) is 143 Å². The van der Waals surface area contributed by atoms with Gasteiger partial charge >= 0.3 is 6.18 Å². The van der Waals surface area contributed by atoms with Crippen LogP contribution in [0.4, 0.5) is 18.9 Å². The molecule has 0 fully saturated rings. The van der Waals surface area contributed by atoms with E-state index in [0.717, 1.165) is 17.7 Å². The molecule has 0 spiro atoms. The highest BCUT2D eigenvalue weighted by Gasteiger charge is 2.45. The lowest BCUT2D eigenvalue weighted by atomic mass is 9.91. The molecular weight excluding hydrogens is 545 g/mol. The number of benzene rings is 4. The Balaban J connectivity index is 1.70. The first-order chi connectivity index (χ1) is 20.3. The first-order valence-corrected chi connectivity index (χ1v) is 13.1. The van der Waals surface area contributed by atoms with E-state index in [2.05, 4.69) is 4.99 Å². The van der Waals surface area contributed by atoms with Gasteiger partial charge in [-0.15, -0.1) is 0 Å². The lowest BCUT2D eigenvalue weighted by molar-refractivity contribution is -0.137. The monoisotopic (exact) mass is 572 g/mol. The maximum absolute atomic E-state index is 14.2. The summed E-state index contributed by atoms with van der Waals surface area (Å²) in [4.78, 5) is 20.0. The highest BCUT2D eigenvalue weighted by atomic mass is 19.4. The van der Waals surface area contributed by atoms with Gasteiger partial charge in [-0.1, -0.05) is 60.7 Å². The Morgan fingerprint density at radius 2 is 1.50 bits per heavy atom. The van der Waals surface area contributed by atoms with Gasteiger partial charge in [0.15, 0.2) is 5.76 Å². The molecule has 4 aromatic rings. The summed E-state index contributed by atoms with van der Waals surface area (Å²) in [6.07, 6.45) is -4.53. The second-order valence-corrected chi connectivity index (χ2v) is 9.43. The first kappa shape index (κ1) is 28.6. The SMILES string of the molecule is COc1ccc(C(=NCO)C2=C(OCc3ccccc3)C(=O)N(c3ccc(C(F)(F)F)cc3)C2c2ccccc2)cc1. The van der Waals surface area contributed by atoms with Crippen LogP contribution < -0.4 is 9.64 Å². The quantitative estimate of drug-likeness (QED) is 0.226. The van der Waals surface area contributed by atoms with Gasteiger partial charge in [0.05, 0.1) is 30.0 Å². The van der Waals surface area contributed by atoms with Gasteiger partial charge in [0, 0.05) is 11.3 Å². The lowest BCUT2D eigenvalue weighted by Gasteiger charge is -2.28. The summed E-state index contributed by atoms with van der Waals surface area (Å²) in [6, 6.07) is 28.9. The van der Waals surface area contributed by atoms with Gasteiger partial charge in [-0.25, -0.2) is 0 Å². The van der Waals surface area contributed by atoms with E-state index in [1.807, 2.05) is 48.5 Å². The number of amides is 1. The van der Waals surface area contributed by atoms with Crippen molar-refractivity contribution in [2.45, 2.75) is 18.8 Å². The minimum Gasteiger partial charge on any atom is -0.497 e. The zero-order valence-electron chi connectivity index (χ0n) is 22.6. The molecule has 6 nitrogen and oxygen atoms in total. The minimum absolute atomic E-state index is 0.0179. The number of halogens is 3. The Morgan fingerprint density at radius 3 is 2.07 bits per heavy atom. The Morgan fingerprint density at radius 1 is 0.881 bits per heavy atom. The smallest absolute Gasteiger partial charge is 0.416 e. The van der Waals surface area contributed by atoms with Crippen molar-refractivity contribution in [3.63, 3.8) is 0 Å². The van der Waals surface area contributed by atoms with Crippen LogP contribution in [0.2, 0.25) is 0 Å². The lowest BCUT2D eigenvalue weighted by Crippen LogP contribution is -2.31. The number of carbonyl (C=O) groups excluding carboxylic acids is 1. The number of aliphatic hydroxyl groups is 1. The zero-order chi connectivity index (χ0) is 29.7. The largest absolute Gasteiger partial charge is 0.497 e. The molecule has 0 radical (unpaired) electrons. The van der Waals surface area contributed by atoms with Crippen LogP contribution in [0.1, 0.15) is 28.3 Å². The Labute approximate surface area is 241 Å². The molecule has 0 saturated heterocycles. The number of aliphatic imine (C=N–C) groups is 1. The molecule has 0 saturated carbocycles. The van der Waals surface area contributed by atoms with Gasteiger partial charge in [0.25, 0.3) is 5.91 Å². The maximum Gasteiger partial charge on any atom is 0.416 e. The normalized spacial score (nSPS) is 15.7. The molecule has 0 aliphatic carbocycles. The second-order valence-electron chi connectivity index (χ2n) is 9.43. The van der Waals surface area contributed by atoms with Crippen LogP contribution in [0.15, 0.2) is 126 Å². The van der Waals surface area contributed by atoms with Gasteiger partial charge < -0.3 is 14.6 Å². The molecule has 0 bridgehead atoms. The maximum atomic E-state index is 14.2. The molecule has 1 aliphatic heterocycles. The van der Waals surface area contributed by atoms with E-state index in [1.165, 1.54) is 17.0 Å². The molecule has 1 heterocycles. The highest BCUT2D eigenvalue weighted by molar-refractivity contribution is 6.23. The van der Waals surface area contributed by atoms with Crippen LogP contribution in [-0.2, 0) is 22.3 Å². The van der Waals surface area contributed by atoms with Crippen molar-refractivity contribution in [1.29, 1.82) is 0 Å². The summed E-state index contributed by atoms with van der Waals surface area (Å²) in [5, 5.41) is 9.99. The number of hydrogen-bond donors (Lipinski definition) is 1. The van der Waals surface area contributed by atoms with E-state index in [4.69, 9.17) is 9.47 Å². The Hall–Kier alpha value is -4.89. The van der Waals surface area contributed by atoms with Crippen molar-refractivity contribution >= 4 is 17.3 Å². The third kappa shape index (κ3) is 5.91. The minimum atomic E-state index is -4.53. The molecule has 9 heteroatoms. The third-order valence-electron chi connectivity index (χ3n) is 6.85. The van der Waals surface area contributed by atoms with E-state index in [0.29, 0.717) is 28.2 Å². The number of methoxy groups -OCH3 is 1. The van der Waals surface area contributed by atoms with E-state index in [1.54, 1.807) is 43.5 Å². The second kappa shape index (κ2) is 12.3. The first-order valence-electron chi connectivity index (χ1n) is 13.1. The predicted molar refractivity (Wildman–Crippen MR) is 153 cm³/mol. The number of rotatable bonds is 9. The van der Waals surface area contributed by atoms with E-state index in [-0.39, 0.29) is 18.1 Å². The standard InChI is InChI=1S/C33H27F3N2O4/c1-41-27-18-12-23(13-19-27)29(37-21-39)28-30(24-10-6-3-7-11-24)38(26-16-14-25(15-17-26)33(34,35)36)32(40)31(28)42-20-22-8-4-2-5-9-22/h2-19,30,39H,20-21H2,1H3. The average Bonchev–Trinajstić information content (AvgIpc) is 3.30. The molecule has 4 aromatic carbocycles. The van der Waals surface area contributed by atoms with Gasteiger partial charge in [0.2, 0.25) is 0 Å². The van der Waals surface area contributed by atoms with E-state index >= 15 is 0 Å². The molecule has 214 valence electrons. The molecule has 1 aliphatic rings. The fraction of sp³-hybridized carbons (Fsp3) is 0.152. The summed E-state index contributed by atoms with van der Waals surface area (Å²) in [5.74, 6) is 0.0365. The van der Waals surface area contributed by atoms with E-state index in [9.17, 15) is 23.1 Å². The van der Waals surface area contributed by atoms with Crippen molar-refractivity contribution in [2.24, 2.45) is 4.99 Å². The zero-order valence-corrected chi connectivity index (χ0v) is 22.6. The summed E-state index contributed by atoms with van der Waals surface area (Å²) in [5.41, 5.74) is 2.17. The molecule has 1 amide bonds. The van der Waals surface area contributed by atoms with Gasteiger partial charge in [-0.3, -0.25) is 14.7 Å². The molecule has 42 heavy (non-hydrogen) atoms. The Kier molecular flexibility index (Phi) is 8.40. The average molecular weight is 573 g/mol. The predicted octanol–water partition coefficient (Wildman–Crippen LogP) is 6.71. The summed E-state index contributed by atoms with van der Waals surface area (Å²) in [6.45, 7) is -0.518. The molecule has 1 atom stereocenters. The summed E-state index contributed by atoms with van der Waals surface area (Å²) >= 11 is 0. The third-order valence-corrected chi connectivity index (χ3v) is 6.85. The molecular formula is C33H27F3N2O4. The summed E-state index contributed by atoms with van der Waals surface area (Å²) < 4.78 is 51.6. The molecule has 5 rings (SSSR count). The van der Waals surface area contributed by atoms with Crippen LogP contribution in [0, 0.1) is 0 Å². The number of carbonyl (C=O) groups is 1. The summed E-state index contributed by atoms with van der Waals surface area (Å²) in [7, 11) is 1.54. The molecule has 1 N–H and O–H groups in total. The number of alkyl halides is 3. The number of aliphatic hydroxyl groups excluding tert-OH is 1. The van der Waals surface area contributed by atoms with Crippen LogP contribution in [0.25, 0.3) is 0 Å². The van der Waals surface area contributed by atoms with Crippen molar-refractivity contribution < 1.29 is 32.5 Å². The van der Waals surface area contributed by atoms with Crippen molar-refractivity contribution in [2.75, 3.05) is 18.7 Å². The Bertz CT molecular complexity index is 1580. The van der Waals surface area contributed by atoms with Gasteiger partial charge in [0.1, 0.15) is 19.1 Å². The molecule has 0 aromatic heterocycles. The van der Waals surface area contributed by atoms with Crippen LogP contribution in [-0.4, -0.2) is 30.6 Å². The molecule has 1 unspecified atom stereocenters. The number of hydrogen-bond acceptors (Lipinski definition) is 5. The van der Waals surface area contributed by atoms with Crippen LogP contribution in [0.3, 0.4) is 0 Å². The fourth-order valence-electron chi connectivity index (χ4n) is 4.88. The number of ether oxygens (including phenoxy) is 2. The van der Waals surface area contributed by atoms with Gasteiger partial charge in [-0.05, 0) is 59.7 Å². The van der Waals surface area contributed by atoms with Crippen LogP contribution in [0.5, 0.6) is 5.75 Å². The topological polar surface area (TPSA) is 71.4 Å². The van der Waals surface area contributed by atoms with E-state index < -0.39 is 30.4 Å². The van der Waals surface area contributed by atoms with Gasteiger partial charge in [-0.2, -0.15) is 13.2 Å².